The summed E-state index contributed by atoms with van der Waals surface area (Å²) in [4.78, 5) is 42.2. The molecule has 2 rings (SSSR count). The molecule has 1 aromatic rings. The predicted molar refractivity (Wildman–Crippen MR) is 71.6 cm³/mol. The van der Waals surface area contributed by atoms with Crippen molar-refractivity contribution in [3.8, 4) is 0 Å². The van der Waals surface area contributed by atoms with Gasteiger partial charge in [-0.2, -0.15) is 0 Å². The summed E-state index contributed by atoms with van der Waals surface area (Å²) in [5, 5.41) is 9.78. The van der Waals surface area contributed by atoms with Crippen LogP contribution in [0.2, 0.25) is 0 Å². The fraction of sp³-hybridized carbons (Fsp3) is 0.556. The molecule has 118 valence electrons. The zero-order valence-corrected chi connectivity index (χ0v) is 12.9. The molecular formula is C9H12BrN2O8P. The number of halogens is 1. The van der Waals surface area contributed by atoms with Crippen molar-refractivity contribution < 1.29 is 28.7 Å². The summed E-state index contributed by atoms with van der Waals surface area (Å²) in [7, 11) is -4.67. The van der Waals surface area contributed by atoms with Gasteiger partial charge in [0.15, 0.2) is 0 Å². The van der Waals surface area contributed by atoms with E-state index in [1.807, 2.05) is 0 Å². The second kappa shape index (κ2) is 6.13. The Labute approximate surface area is 125 Å². The second-order valence-corrected chi connectivity index (χ2v) is 6.46. The molecule has 0 aliphatic carbocycles. The Morgan fingerprint density at radius 2 is 2.19 bits per heavy atom. The fourth-order valence-corrected chi connectivity index (χ4v) is 2.54. The van der Waals surface area contributed by atoms with Gasteiger partial charge in [-0.3, -0.25) is 18.9 Å². The van der Waals surface area contributed by atoms with Crippen LogP contribution in [0.15, 0.2) is 20.3 Å². The number of rotatable bonds is 4. The summed E-state index contributed by atoms with van der Waals surface area (Å²) >= 11 is 2.97. The molecule has 10 nitrogen and oxygen atoms in total. The topological polar surface area (TPSA) is 151 Å². The van der Waals surface area contributed by atoms with E-state index < -0.39 is 44.1 Å². The van der Waals surface area contributed by atoms with E-state index in [0.29, 0.717) is 0 Å². The molecular weight excluding hydrogens is 375 g/mol. The van der Waals surface area contributed by atoms with Gasteiger partial charge in [0.1, 0.15) is 12.3 Å². The number of aromatic nitrogens is 2. The van der Waals surface area contributed by atoms with E-state index in [1.54, 1.807) is 0 Å². The Morgan fingerprint density at radius 1 is 1.52 bits per heavy atom. The van der Waals surface area contributed by atoms with Crippen molar-refractivity contribution in [2.24, 2.45) is 0 Å². The molecule has 1 aliphatic heterocycles. The first-order chi connectivity index (χ1) is 9.67. The first-order valence-electron chi connectivity index (χ1n) is 5.72. The smallest absolute Gasteiger partial charge is 0.390 e. The van der Waals surface area contributed by atoms with E-state index in [0.717, 1.165) is 4.57 Å². The van der Waals surface area contributed by atoms with Crippen LogP contribution in [-0.2, 0) is 13.8 Å². The molecule has 0 bridgehead atoms. The Hall–Kier alpha value is -0.810. The van der Waals surface area contributed by atoms with Crippen LogP contribution in [0.5, 0.6) is 0 Å². The van der Waals surface area contributed by atoms with E-state index in [9.17, 15) is 19.3 Å². The zero-order chi connectivity index (χ0) is 15.8. The fourth-order valence-electron chi connectivity index (χ4n) is 1.88. The minimum atomic E-state index is -4.67. The van der Waals surface area contributed by atoms with Crippen molar-refractivity contribution in [3.05, 3.63) is 31.5 Å². The molecule has 0 radical (unpaired) electrons. The molecule has 0 saturated carbocycles. The van der Waals surface area contributed by atoms with Gasteiger partial charge < -0.3 is 19.6 Å². The zero-order valence-electron chi connectivity index (χ0n) is 10.4. The van der Waals surface area contributed by atoms with Crippen LogP contribution in [0, 0.1) is 0 Å². The average molecular weight is 387 g/mol. The number of nitrogens with zero attached hydrogens (tertiary/aromatic N) is 1. The van der Waals surface area contributed by atoms with Gasteiger partial charge in [0, 0.05) is 12.6 Å². The number of ether oxygens (including phenoxy) is 1. The number of hydrogen-bond acceptors (Lipinski definition) is 6. The van der Waals surface area contributed by atoms with Gasteiger partial charge in [-0.1, -0.05) is 0 Å². The Kier molecular flexibility index (Phi) is 4.83. The average Bonchev–Trinajstić information content (AvgIpc) is 2.72. The highest BCUT2D eigenvalue weighted by Gasteiger charge is 2.37. The van der Waals surface area contributed by atoms with Crippen molar-refractivity contribution in [1.29, 1.82) is 0 Å². The summed E-state index contributed by atoms with van der Waals surface area (Å²) in [5.41, 5.74) is -1.33. The van der Waals surface area contributed by atoms with Crippen LogP contribution in [0.3, 0.4) is 0 Å². The Bertz CT molecular complexity index is 681. The molecule has 1 saturated heterocycles. The molecule has 4 N–H and O–H groups in total. The summed E-state index contributed by atoms with van der Waals surface area (Å²) in [6.07, 6.45) is -1.73. The SMILES string of the molecule is O=c1[nH]c(=O)n([C@H]2C[C@@H](O)[C@H](COP(=O)(O)O)O2)cc1Br. The Morgan fingerprint density at radius 3 is 2.81 bits per heavy atom. The van der Waals surface area contributed by atoms with Crippen LogP contribution in [0.1, 0.15) is 12.6 Å². The van der Waals surface area contributed by atoms with Crippen molar-refractivity contribution in [3.63, 3.8) is 0 Å². The van der Waals surface area contributed by atoms with Crippen LogP contribution >= 0.6 is 23.8 Å². The van der Waals surface area contributed by atoms with E-state index in [2.05, 4.69) is 25.4 Å². The van der Waals surface area contributed by atoms with Gasteiger partial charge in [0.2, 0.25) is 0 Å². The van der Waals surface area contributed by atoms with Crippen molar-refractivity contribution in [1.82, 2.24) is 9.55 Å². The molecule has 1 aliphatic rings. The summed E-state index contributed by atoms with van der Waals surface area (Å²) in [6, 6.07) is 0. The largest absolute Gasteiger partial charge is 0.469 e. The molecule has 0 aromatic carbocycles. The van der Waals surface area contributed by atoms with Crippen LogP contribution in [0.4, 0.5) is 0 Å². The van der Waals surface area contributed by atoms with Gasteiger partial charge >= 0.3 is 13.5 Å². The van der Waals surface area contributed by atoms with Gasteiger partial charge in [0.25, 0.3) is 5.56 Å². The molecule has 1 fully saturated rings. The summed E-state index contributed by atoms with van der Waals surface area (Å²) in [6.45, 7) is -0.527. The third kappa shape index (κ3) is 4.10. The Balaban J connectivity index is 2.14. The minimum Gasteiger partial charge on any atom is -0.390 e. The quantitative estimate of drug-likeness (QED) is 0.483. The normalized spacial score (nSPS) is 26.2. The maximum Gasteiger partial charge on any atom is 0.469 e. The maximum atomic E-state index is 11.7. The minimum absolute atomic E-state index is 0.00752. The van der Waals surface area contributed by atoms with Gasteiger partial charge in [-0.05, 0) is 15.9 Å². The molecule has 21 heavy (non-hydrogen) atoms. The number of phosphoric acid groups is 1. The molecule has 0 unspecified atom stereocenters. The number of H-pyrrole nitrogens is 1. The number of phosphoric ester groups is 1. The van der Waals surface area contributed by atoms with Gasteiger partial charge in [0.05, 0.1) is 17.2 Å². The molecule has 12 heteroatoms. The number of aliphatic hydroxyl groups excluding tert-OH is 1. The van der Waals surface area contributed by atoms with Gasteiger partial charge in [-0.25, -0.2) is 9.36 Å². The van der Waals surface area contributed by atoms with Crippen molar-refractivity contribution in [2.45, 2.75) is 24.9 Å². The lowest BCUT2D eigenvalue weighted by molar-refractivity contribution is -0.0451. The highest BCUT2D eigenvalue weighted by atomic mass is 79.9. The standard InChI is InChI=1S/C9H12BrN2O8P/c10-4-2-12(9(15)11-8(4)14)7-1-5(13)6(20-7)3-19-21(16,17)18/h2,5-7,13H,1,3H2,(H,11,14,15)(H2,16,17,18)/t5-,6+,7-/m1/s1. The summed E-state index contributed by atoms with van der Waals surface area (Å²) < 4.78 is 21.4. The van der Waals surface area contributed by atoms with Crippen molar-refractivity contribution in [2.75, 3.05) is 6.61 Å². The molecule has 2 heterocycles. The van der Waals surface area contributed by atoms with E-state index >= 15 is 0 Å². The molecule has 1 aromatic heterocycles. The van der Waals surface area contributed by atoms with E-state index in [-0.39, 0.29) is 10.9 Å². The van der Waals surface area contributed by atoms with E-state index in [1.165, 1.54) is 6.20 Å². The number of nitrogens with one attached hydrogen (secondary N) is 1. The predicted octanol–water partition coefficient (Wildman–Crippen LogP) is -0.943. The van der Waals surface area contributed by atoms with E-state index in [4.69, 9.17) is 14.5 Å². The monoisotopic (exact) mass is 386 g/mol. The third-order valence-electron chi connectivity index (χ3n) is 2.85. The second-order valence-electron chi connectivity index (χ2n) is 4.36. The third-order valence-corrected chi connectivity index (χ3v) is 3.90. The summed E-state index contributed by atoms with van der Waals surface area (Å²) in [5.74, 6) is 0. The number of aliphatic hydroxyl groups is 1. The molecule has 0 spiro atoms. The first-order valence-corrected chi connectivity index (χ1v) is 8.04. The molecule has 3 atom stereocenters. The lowest BCUT2D eigenvalue weighted by atomic mass is 10.2. The van der Waals surface area contributed by atoms with Crippen LogP contribution < -0.4 is 11.2 Å². The van der Waals surface area contributed by atoms with Crippen LogP contribution in [0.25, 0.3) is 0 Å². The number of hydrogen-bond donors (Lipinski definition) is 4. The lowest BCUT2D eigenvalue weighted by Gasteiger charge is -2.16. The van der Waals surface area contributed by atoms with Gasteiger partial charge in [-0.15, -0.1) is 0 Å². The highest BCUT2D eigenvalue weighted by Crippen LogP contribution is 2.38. The van der Waals surface area contributed by atoms with Crippen molar-refractivity contribution >= 4 is 23.8 Å². The lowest BCUT2D eigenvalue weighted by Crippen LogP contribution is -2.32. The first kappa shape index (κ1) is 16.6. The number of aromatic amines is 1. The maximum absolute atomic E-state index is 11.7. The van der Waals surface area contributed by atoms with Crippen LogP contribution in [-0.4, -0.2) is 43.3 Å². The molecule has 0 amide bonds. The highest BCUT2D eigenvalue weighted by molar-refractivity contribution is 9.10.